The number of rotatable bonds is 4. The lowest BCUT2D eigenvalue weighted by molar-refractivity contribution is -0.415. The maximum absolute atomic E-state index is 10.00. The molecular formula is C12H22O11. The number of aliphatic hydroxyl groups excluding tert-OH is 8. The van der Waals surface area contributed by atoms with Gasteiger partial charge in [-0.1, -0.05) is 0 Å². The van der Waals surface area contributed by atoms with E-state index in [2.05, 4.69) is 0 Å². The molecule has 0 amide bonds. The summed E-state index contributed by atoms with van der Waals surface area (Å²) in [4.78, 5) is 0. The van der Waals surface area contributed by atoms with Gasteiger partial charge in [-0.05, 0) is 0 Å². The van der Waals surface area contributed by atoms with Crippen LogP contribution in [0.25, 0.3) is 0 Å². The molecule has 2 fully saturated rings. The summed E-state index contributed by atoms with van der Waals surface area (Å²) in [5.41, 5.74) is 0. The molecule has 0 aromatic heterocycles. The Bertz CT molecular complexity index is 393. The second-order valence-electron chi connectivity index (χ2n) is 5.60. The lowest BCUT2D eigenvalue weighted by Gasteiger charge is -2.48. The molecule has 0 aromatic carbocycles. The third-order valence-corrected chi connectivity index (χ3v) is 4.05. The summed E-state index contributed by atoms with van der Waals surface area (Å²) in [7, 11) is 0. The fraction of sp³-hybridized carbons (Fsp3) is 1.00. The fourth-order valence-electron chi connectivity index (χ4n) is 2.52. The third-order valence-electron chi connectivity index (χ3n) is 4.05. The Morgan fingerprint density at radius 1 is 0.913 bits per heavy atom. The zero-order valence-electron chi connectivity index (χ0n) is 12.0. The van der Waals surface area contributed by atoms with Crippen LogP contribution in [0.5, 0.6) is 0 Å². The normalized spacial score (nSPS) is 51.7. The predicted octanol–water partition coefficient (Wildman–Crippen LogP) is -5.40. The van der Waals surface area contributed by atoms with Crippen LogP contribution in [0, 0.1) is 0 Å². The van der Waals surface area contributed by atoms with E-state index in [-0.39, 0.29) is 0 Å². The van der Waals surface area contributed by atoms with Crippen molar-refractivity contribution in [2.24, 2.45) is 0 Å². The van der Waals surface area contributed by atoms with Gasteiger partial charge in [0, 0.05) is 0 Å². The van der Waals surface area contributed by atoms with Crippen LogP contribution in [0.15, 0.2) is 0 Å². The van der Waals surface area contributed by atoms with Crippen molar-refractivity contribution < 1.29 is 55.1 Å². The van der Waals surface area contributed by atoms with Crippen molar-refractivity contribution >= 4 is 0 Å². The summed E-state index contributed by atoms with van der Waals surface area (Å²) in [6.07, 6.45) is -13.0. The molecule has 2 unspecified atom stereocenters. The summed E-state index contributed by atoms with van der Waals surface area (Å²) < 4.78 is 15.4. The summed E-state index contributed by atoms with van der Waals surface area (Å²) in [6.45, 7) is -2.13. The smallest absolute Gasteiger partial charge is 0.223 e. The van der Waals surface area contributed by atoms with Crippen molar-refractivity contribution in [3.63, 3.8) is 0 Å². The van der Waals surface area contributed by atoms with Crippen molar-refractivity contribution in [2.45, 2.75) is 54.8 Å². The highest BCUT2D eigenvalue weighted by Gasteiger charge is 2.55. The van der Waals surface area contributed by atoms with E-state index in [9.17, 15) is 35.7 Å². The molecule has 2 rings (SSSR count). The third kappa shape index (κ3) is 3.36. The van der Waals surface area contributed by atoms with Gasteiger partial charge in [0.2, 0.25) is 5.79 Å². The largest absolute Gasteiger partial charge is 0.394 e. The molecule has 0 aliphatic carbocycles. The molecular weight excluding hydrogens is 320 g/mol. The molecule has 2 heterocycles. The molecule has 2 aliphatic heterocycles. The van der Waals surface area contributed by atoms with Gasteiger partial charge in [-0.15, -0.1) is 0 Å². The van der Waals surface area contributed by atoms with Crippen LogP contribution >= 0.6 is 0 Å². The predicted molar refractivity (Wildman–Crippen MR) is 68.6 cm³/mol. The summed E-state index contributed by atoms with van der Waals surface area (Å²) in [5, 5.41) is 77.0. The van der Waals surface area contributed by atoms with E-state index >= 15 is 0 Å². The van der Waals surface area contributed by atoms with Gasteiger partial charge in [-0.2, -0.15) is 0 Å². The fourth-order valence-corrected chi connectivity index (χ4v) is 2.52. The molecule has 2 saturated heterocycles. The summed E-state index contributed by atoms with van der Waals surface area (Å²) in [6, 6.07) is 0. The highest BCUT2D eigenvalue weighted by atomic mass is 16.8. The molecule has 0 radical (unpaired) electrons. The van der Waals surface area contributed by atoms with Crippen LogP contribution in [0.4, 0.5) is 0 Å². The van der Waals surface area contributed by atoms with Gasteiger partial charge in [0.1, 0.15) is 49.3 Å². The Balaban J connectivity index is 2.17. The molecule has 0 aromatic rings. The van der Waals surface area contributed by atoms with E-state index < -0.39 is 74.6 Å². The van der Waals surface area contributed by atoms with Gasteiger partial charge in [0.25, 0.3) is 0 Å². The first-order valence-corrected chi connectivity index (χ1v) is 7.04. The van der Waals surface area contributed by atoms with E-state index in [4.69, 9.17) is 19.3 Å². The Morgan fingerprint density at radius 3 is 2.13 bits per heavy atom. The van der Waals surface area contributed by atoms with Gasteiger partial charge >= 0.3 is 0 Å². The first-order valence-electron chi connectivity index (χ1n) is 7.04. The van der Waals surface area contributed by atoms with Crippen LogP contribution in [0.3, 0.4) is 0 Å². The Hall–Kier alpha value is -0.440. The van der Waals surface area contributed by atoms with Crippen LogP contribution < -0.4 is 0 Å². The van der Waals surface area contributed by atoms with Gasteiger partial charge in [0.05, 0.1) is 13.2 Å². The molecule has 9 atom stereocenters. The minimum absolute atomic E-state index is 0.476. The average molecular weight is 342 g/mol. The van der Waals surface area contributed by atoms with Crippen molar-refractivity contribution in [1.29, 1.82) is 0 Å². The van der Waals surface area contributed by atoms with E-state index in [1.54, 1.807) is 0 Å². The van der Waals surface area contributed by atoms with Gasteiger partial charge < -0.3 is 55.1 Å². The zero-order chi connectivity index (χ0) is 17.4. The molecule has 0 saturated carbocycles. The monoisotopic (exact) mass is 342 g/mol. The van der Waals surface area contributed by atoms with E-state index in [0.29, 0.717) is 0 Å². The average Bonchev–Trinajstić information content (AvgIpc) is 2.56. The van der Waals surface area contributed by atoms with Crippen LogP contribution in [-0.4, -0.2) is 115 Å². The highest BCUT2D eigenvalue weighted by Crippen LogP contribution is 2.32. The number of aliphatic hydroxyl groups is 8. The van der Waals surface area contributed by atoms with Crippen LogP contribution in [0.1, 0.15) is 0 Å². The number of hydrogen-bond donors (Lipinski definition) is 8. The van der Waals surface area contributed by atoms with Gasteiger partial charge in [0.15, 0.2) is 6.29 Å². The first-order chi connectivity index (χ1) is 10.8. The standard InChI is InChI=1S/C12H22O11/c13-1-5-7(17)8(18)9(19)11(22-5)23-12(3-14)10(20)6(16)4(15)2-21-12/h4-11,13-20H,1-3H2/t4-,5-,6-,7-,8+,9-,10+,11?,12?/m1/s1. The minimum Gasteiger partial charge on any atom is -0.394 e. The lowest BCUT2D eigenvalue weighted by atomic mass is 9.96. The van der Waals surface area contributed by atoms with E-state index in [1.807, 2.05) is 0 Å². The van der Waals surface area contributed by atoms with Crippen molar-refractivity contribution in [1.82, 2.24) is 0 Å². The quantitative estimate of drug-likeness (QED) is 0.243. The van der Waals surface area contributed by atoms with Crippen molar-refractivity contribution in [3.05, 3.63) is 0 Å². The molecule has 23 heavy (non-hydrogen) atoms. The molecule has 0 spiro atoms. The number of ether oxygens (including phenoxy) is 3. The summed E-state index contributed by atoms with van der Waals surface area (Å²) in [5.74, 6) is -2.23. The number of hydrogen-bond acceptors (Lipinski definition) is 11. The van der Waals surface area contributed by atoms with Crippen LogP contribution in [-0.2, 0) is 14.2 Å². The molecule has 0 bridgehead atoms. The van der Waals surface area contributed by atoms with E-state index in [1.165, 1.54) is 0 Å². The van der Waals surface area contributed by atoms with Crippen molar-refractivity contribution in [2.75, 3.05) is 19.8 Å². The Kier molecular flexibility index (Phi) is 5.92. The maximum atomic E-state index is 10.00. The molecule has 11 nitrogen and oxygen atoms in total. The van der Waals surface area contributed by atoms with Gasteiger partial charge in [-0.3, -0.25) is 0 Å². The lowest BCUT2D eigenvalue weighted by Crippen LogP contribution is -2.68. The molecule has 2 aliphatic rings. The van der Waals surface area contributed by atoms with E-state index in [0.717, 1.165) is 0 Å². The minimum atomic E-state index is -2.23. The molecule has 136 valence electrons. The molecule has 11 heteroatoms. The maximum Gasteiger partial charge on any atom is 0.223 e. The SMILES string of the molecule is OC[C@H]1OC(OC2(CO)OC[C@@H](O)[C@@H](O)[C@@H]2O)[C@H](O)[C@@H](O)[C@@H]1O. The van der Waals surface area contributed by atoms with Crippen LogP contribution in [0.2, 0.25) is 0 Å². The topological polar surface area (TPSA) is 190 Å². The summed E-state index contributed by atoms with van der Waals surface area (Å²) >= 11 is 0. The van der Waals surface area contributed by atoms with Crippen molar-refractivity contribution in [3.8, 4) is 0 Å². The Labute approximate surface area is 130 Å². The first kappa shape index (κ1) is 18.9. The second kappa shape index (κ2) is 7.21. The Morgan fingerprint density at radius 2 is 1.57 bits per heavy atom. The second-order valence-corrected chi connectivity index (χ2v) is 5.60. The molecule has 8 N–H and O–H groups in total. The zero-order valence-corrected chi connectivity index (χ0v) is 12.0. The van der Waals surface area contributed by atoms with Gasteiger partial charge in [-0.25, -0.2) is 0 Å². The highest BCUT2D eigenvalue weighted by molar-refractivity contribution is 4.95.